The second-order valence-electron chi connectivity index (χ2n) is 5.18. The molecule has 108 valence electrons. The highest BCUT2D eigenvalue weighted by atomic mass is 16.7. The van der Waals surface area contributed by atoms with Gasteiger partial charge in [0.15, 0.2) is 11.5 Å². The Morgan fingerprint density at radius 3 is 2.75 bits per heavy atom. The Labute approximate surface area is 118 Å². The Kier molecular flexibility index (Phi) is 3.89. The zero-order valence-electron chi connectivity index (χ0n) is 11.6. The van der Waals surface area contributed by atoms with E-state index in [2.05, 4.69) is 4.90 Å². The number of fused-ring (bicyclic) bond motifs is 1. The Hall–Kier alpha value is -1.59. The molecule has 2 aliphatic rings. The molecular weight excluding hydrogens is 258 g/mol. The second kappa shape index (κ2) is 5.81. The zero-order valence-corrected chi connectivity index (χ0v) is 11.6. The third-order valence-electron chi connectivity index (χ3n) is 3.75. The van der Waals surface area contributed by atoms with Crippen LogP contribution >= 0.6 is 0 Å². The van der Waals surface area contributed by atoms with Crippen molar-refractivity contribution in [3.05, 3.63) is 23.8 Å². The number of morpholine rings is 1. The standard InChI is InChI=1S/C15H19NO4/c1-11(17)8-13(16-4-6-18-7-5-16)12-2-3-14-15(9-12)20-10-19-14/h2-3,9,13H,4-8,10H2,1H3. The second-order valence-corrected chi connectivity index (χ2v) is 5.18. The predicted molar refractivity (Wildman–Crippen MR) is 73.0 cm³/mol. The predicted octanol–water partition coefficient (Wildman–Crippen LogP) is 1.77. The van der Waals surface area contributed by atoms with Crippen molar-refractivity contribution in [3.63, 3.8) is 0 Å². The van der Waals surface area contributed by atoms with Gasteiger partial charge in [-0.3, -0.25) is 9.69 Å². The van der Waals surface area contributed by atoms with E-state index >= 15 is 0 Å². The zero-order chi connectivity index (χ0) is 13.9. The normalized spacial score (nSPS) is 19.9. The molecule has 3 rings (SSSR count). The van der Waals surface area contributed by atoms with Crippen molar-refractivity contribution < 1.29 is 19.0 Å². The highest BCUT2D eigenvalue weighted by molar-refractivity contribution is 5.76. The summed E-state index contributed by atoms with van der Waals surface area (Å²) in [6.07, 6.45) is 0.514. The monoisotopic (exact) mass is 277 g/mol. The maximum Gasteiger partial charge on any atom is 0.231 e. The van der Waals surface area contributed by atoms with Crippen LogP contribution in [0.2, 0.25) is 0 Å². The van der Waals surface area contributed by atoms with Crippen LogP contribution in [-0.4, -0.2) is 43.8 Å². The van der Waals surface area contributed by atoms with Crippen molar-refractivity contribution in [1.29, 1.82) is 0 Å². The number of carbonyl (C=O) groups excluding carboxylic acids is 1. The SMILES string of the molecule is CC(=O)CC(c1ccc2c(c1)OCO2)N1CCOCC1. The van der Waals surface area contributed by atoms with Gasteiger partial charge in [0.25, 0.3) is 0 Å². The maximum atomic E-state index is 11.6. The van der Waals surface area contributed by atoms with Gasteiger partial charge in [-0.05, 0) is 24.6 Å². The topological polar surface area (TPSA) is 48.0 Å². The summed E-state index contributed by atoms with van der Waals surface area (Å²) in [5.41, 5.74) is 1.10. The molecule has 0 saturated carbocycles. The van der Waals surface area contributed by atoms with Crippen molar-refractivity contribution in [2.45, 2.75) is 19.4 Å². The summed E-state index contributed by atoms with van der Waals surface area (Å²) in [5, 5.41) is 0. The van der Waals surface area contributed by atoms with Crippen LogP contribution in [-0.2, 0) is 9.53 Å². The van der Waals surface area contributed by atoms with Crippen LogP contribution in [0.4, 0.5) is 0 Å². The van der Waals surface area contributed by atoms with Crippen LogP contribution in [0, 0.1) is 0 Å². The van der Waals surface area contributed by atoms with E-state index in [1.165, 1.54) is 0 Å². The molecule has 0 aromatic heterocycles. The molecule has 1 fully saturated rings. The summed E-state index contributed by atoms with van der Waals surface area (Å²) in [6, 6.07) is 6.03. The number of hydrogen-bond acceptors (Lipinski definition) is 5. The summed E-state index contributed by atoms with van der Waals surface area (Å²) in [4.78, 5) is 13.9. The van der Waals surface area contributed by atoms with E-state index in [1.807, 2.05) is 18.2 Å². The minimum absolute atomic E-state index is 0.0888. The number of Topliss-reactive ketones (excluding diaryl/α,β-unsaturated/α-hetero) is 1. The van der Waals surface area contributed by atoms with Crippen molar-refractivity contribution in [3.8, 4) is 11.5 Å². The van der Waals surface area contributed by atoms with Crippen LogP contribution in [0.3, 0.4) is 0 Å². The van der Waals surface area contributed by atoms with E-state index < -0.39 is 0 Å². The number of benzene rings is 1. The largest absolute Gasteiger partial charge is 0.454 e. The van der Waals surface area contributed by atoms with Crippen LogP contribution in [0.1, 0.15) is 24.9 Å². The van der Waals surface area contributed by atoms with E-state index in [4.69, 9.17) is 14.2 Å². The Morgan fingerprint density at radius 2 is 2.00 bits per heavy atom. The van der Waals surface area contributed by atoms with Gasteiger partial charge in [0, 0.05) is 25.6 Å². The summed E-state index contributed by atoms with van der Waals surface area (Å²) in [5.74, 6) is 1.74. The van der Waals surface area contributed by atoms with E-state index in [0.29, 0.717) is 6.42 Å². The molecule has 1 atom stereocenters. The minimum Gasteiger partial charge on any atom is -0.454 e. The number of rotatable bonds is 4. The molecule has 1 saturated heterocycles. The van der Waals surface area contributed by atoms with Crippen LogP contribution < -0.4 is 9.47 Å². The lowest BCUT2D eigenvalue weighted by Crippen LogP contribution is -2.39. The molecule has 0 aliphatic carbocycles. The average molecular weight is 277 g/mol. The molecule has 0 radical (unpaired) electrons. The van der Waals surface area contributed by atoms with Gasteiger partial charge >= 0.3 is 0 Å². The average Bonchev–Trinajstić information content (AvgIpc) is 2.93. The Balaban J connectivity index is 1.85. The molecule has 0 bridgehead atoms. The fourth-order valence-corrected chi connectivity index (χ4v) is 2.74. The molecule has 20 heavy (non-hydrogen) atoms. The number of ketones is 1. The molecule has 0 N–H and O–H groups in total. The molecule has 1 aromatic carbocycles. The van der Waals surface area contributed by atoms with Gasteiger partial charge in [0.2, 0.25) is 6.79 Å². The van der Waals surface area contributed by atoms with Crippen LogP contribution in [0.15, 0.2) is 18.2 Å². The molecule has 0 amide bonds. The van der Waals surface area contributed by atoms with Gasteiger partial charge in [0.1, 0.15) is 5.78 Å². The first-order valence-electron chi connectivity index (χ1n) is 6.95. The molecular formula is C15H19NO4. The number of ether oxygens (including phenoxy) is 3. The van der Waals surface area contributed by atoms with E-state index in [-0.39, 0.29) is 18.6 Å². The molecule has 5 nitrogen and oxygen atoms in total. The third-order valence-corrected chi connectivity index (χ3v) is 3.75. The summed E-state index contributed by atoms with van der Waals surface area (Å²) in [7, 11) is 0. The van der Waals surface area contributed by atoms with Crippen molar-refractivity contribution >= 4 is 5.78 Å². The van der Waals surface area contributed by atoms with Gasteiger partial charge in [0.05, 0.1) is 13.2 Å². The number of hydrogen-bond donors (Lipinski definition) is 0. The van der Waals surface area contributed by atoms with Gasteiger partial charge in [-0.1, -0.05) is 6.07 Å². The summed E-state index contributed by atoms with van der Waals surface area (Å²) < 4.78 is 16.2. The lowest BCUT2D eigenvalue weighted by molar-refractivity contribution is -0.118. The molecule has 2 heterocycles. The van der Waals surface area contributed by atoms with Gasteiger partial charge in [-0.15, -0.1) is 0 Å². The highest BCUT2D eigenvalue weighted by Gasteiger charge is 2.25. The first kappa shape index (κ1) is 13.4. The van der Waals surface area contributed by atoms with Gasteiger partial charge in [-0.2, -0.15) is 0 Å². The molecule has 5 heteroatoms. The molecule has 1 unspecified atom stereocenters. The Bertz CT molecular complexity index is 497. The lowest BCUT2D eigenvalue weighted by atomic mass is 9.99. The molecule has 2 aliphatic heterocycles. The van der Waals surface area contributed by atoms with Crippen LogP contribution in [0.5, 0.6) is 11.5 Å². The van der Waals surface area contributed by atoms with E-state index in [0.717, 1.165) is 43.4 Å². The van der Waals surface area contributed by atoms with Crippen molar-refractivity contribution in [2.24, 2.45) is 0 Å². The van der Waals surface area contributed by atoms with Gasteiger partial charge < -0.3 is 14.2 Å². The quantitative estimate of drug-likeness (QED) is 0.839. The number of nitrogens with zero attached hydrogens (tertiary/aromatic N) is 1. The van der Waals surface area contributed by atoms with Crippen LogP contribution in [0.25, 0.3) is 0 Å². The lowest BCUT2D eigenvalue weighted by Gasteiger charge is -2.34. The maximum absolute atomic E-state index is 11.6. The summed E-state index contributed by atoms with van der Waals surface area (Å²) >= 11 is 0. The van der Waals surface area contributed by atoms with E-state index in [1.54, 1.807) is 6.92 Å². The minimum atomic E-state index is 0.0888. The molecule has 1 aromatic rings. The smallest absolute Gasteiger partial charge is 0.231 e. The van der Waals surface area contributed by atoms with Gasteiger partial charge in [-0.25, -0.2) is 0 Å². The summed E-state index contributed by atoms with van der Waals surface area (Å²) in [6.45, 7) is 5.06. The first-order valence-corrected chi connectivity index (χ1v) is 6.95. The van der Waals surface area contributed by atoms with E-state index in [9.17, 15) is 4.79 Å². The van der Waals surface area contributed by atoms with Crippen molar-refractivity contribution in [1.82, 2.24) is 4.90 Å². The fraction of sp³-hybridized carbons (Fsp3) is 0.533. The Morgan fingerprint density at radius 1 is 1.25 bits per heavy atom. The fourth-order valence-electron chi connectivity index (χ4n) is 2.74. The highest BCUT2D eigenvalue weighted by Crippen LogP contribution is 2.36. The first-order chi connectivity index (χ1) is 9.74. The van der Waals surface area contributed by atoms with Crippen molar-refractivity contribution in [2.75, 3.05) is 33.1 Å². The number of carbonyl (C=O) groups is 1. The third kappa shape index (κ3) is 2.78. The molecule has 0 spiro atoms.